The van der Waals surface area contributed by atoms with Crippen molar-refractivity contribution in [2.75, 3.05) is 7.11 Å². The van der Waals surface area contributed by atoms with Crippen LogP contribution in [0.25, 0.3) is 0 Å². The summed E-state index contributed by atoms with van der Waals surface area (Å²) in [5, 5.41) is 8.78. The van der Waals surface area contributed by atoms with Crippen LogP contribution in [0.4, 0.5) is 8.78 Å². The molecule has 0 saturated carbocycles. The average molecular weight is 224 g/mol. The number of pyridine rings is 1. The first-order valence-corrected chi connectivity index (χ1v) is 4.10. The van der Waals surface area contributed by atoms with Gasteiger partial charge in [-0.2, -0.15) is 0 Å². The summed E-state index contributed by atoms with van der Waals surface area (Å²) < 4.78 is 29.5. The highest BCUT2D eigenvalue weighted by Crippen LogP contribution is 2.30. The number of aliphatic hydroxyl groups excluding tert-OH is 1. The molecular weight excluding hydrogens is 216 g/mol. The highest BCUT2D eigenvalue weighted by molar-refractivity contribution is 6.31. The molecule has 1 aromatic rings. The summed E-state index contributed by atoms with van der Waals surface area (Å²) >= 11 is 5.60. The lowest BCUT2D eigenvalue weighted by Crippen LogP contribution is -2.01. The van der Waals surface area contributed by atoms with Crippen molar-refractivity contribution in [2.45, 2.75) is 13.0 Å². The van der Waals surface area contributed by atoms with E-state index in [1.54, 1.807) is 0 Å². The second-order valence-electron chi connectivity index (χ2n) is 2.47. The van der Waals surface area contributed by atoms with Gasteiger partial charge in [-0.15, -0.1) is 0 Å². The van der Waals surface area contributed by atoms with Gasteiger partial charge in [0.25, 0.3) is 6.43 Å². The molecule has 14 heavy (non-hydrogen) atoms. The quantitative estimate of drug-likeness (QED) is 0.854. The number of alkyl halides is 2. The second kappa shape index (κ2) is 4.52. The molecule has 0 aliphatic rings. The van der Waals surface area contributed by atoms with Gasteiger partial charge in [-0.25, -0.2) is 13.8 Å². The fourth-order valence-electron chi connectivity index (χ4n) is 0.981. The first-order chi connectivity index (χ1) is 6.60. The van der Waals surface area contributed by atoms with E-state index in [9.17, 15) is 8.78 Å². The molecule has 0 atom stereocenters. The van der Waals surface area contributed by atoms with Gasteiger partial charge in [0.15, 0.2) is 0 Å². The number of hydrogen-bond donors (Lipinski definition) is 1. The van der Waals surface area contributed by atoms with Crippen molar-refractivity contribution in [3.05, 3.63) is 22.3 Å². The van der Waals surface area contributed by atoms with E-state index >= 15 is 0 Å². The van der Waals surface area contributed by atoms with Crippen molar-refractivity contribution in [3.63, 3.8) is 0 Å². The molecule has 1 heterocycles. The van der Waals surface area contributed by atoms with E-state index in [-0.39, 0.29) is 22.2 Å². The van der Waals surface area contributed by atoms with Crippen LogP contribution in [0.1, 0.15) is 17.7 Å². The van der Waals surface area contributed by atoms with Crippen LogP contribution in [-0.2, 0) is 6.61 Å². The van der Waals surface area contributed by atoms with Crippen molar-refractivity contribution in [1.82, 2.24) is 4.98 Å². The smallest absolute Gasteiger partial charge is 0.265 e. The van der Waals surface area contributed by atoms with Gasteiger partial charge in [-0.1, -0.05) is 11.6 Å². The monoisotopic (exact) mass is 223 g/mol. The first kappa shape index (κ1) is 11.1. The summed E-state index contributed by atoms with van der Waals surface area (Å²) in [5.74, 6) is 0.0279. The Morgan fingerprint density at radius 3 is 2.71 bits per heavy atom. The minimum atomic E-state index is -2.71. The number of methoxy groups -OCH3 is 1. The van der Waals surface area contributed by atoms with E-state index in [2.05, 4.69) is 4.98 Å². The van der Waals surface area contributed by atoms with Gasteiger partial charge in [0, 0.05) is 5.56 Å². The van der Waals surface area contributed by atoms with E-state index in [0.717, 1.165) is 6.07 Å². The zero-order valence-electron chi connectivity index (χ0n) is 7.30. The maximum absolute atomic E-state index is 12.4. The summed E-state index contributed by atoms with van der Waals surface area (Å²) in [4.78, 5) is 3.65. The van der Waals surface area contributed by atoms with E-state index in [4.69, 9.17) is 21.4 Å². The number of nitrogens with zero attached hydrogens (tertiary/aromatic N) is 1. The topological polar surface area (TPSA) is 42.4 Å². The minimum absolute atomic E-state index is 0.000000000000000444. The van der Waals surface area contributed by atoms with Crippen molar-refractivity contribution in [2.24, 2.45) is 0 Å². The summed E-state index contributed by atoms with van der Waals surface area (Å²) in [7, 11) is 1.32. The van der Waals surface area contributed by atoms with Gasteiger partial charge in [-0.05, 0) is 6.07 Å². The number of aromatic nitrogens is 1. The van der Waals surface area contributed by atoms with Crippen molar-refractivity contribution < 1.29 is 18.6 Å². The zero-order chi connectivity index (χ0) is 10.7. The van der Waals surface area contributed by atoms with Crippen LogP contribution in [0, 0.1) is 0 Å². The minimum Gasteiger partial charge on any atom is -0.480 e. The Morgan fingerprint density at radius 2 is 2.29 bits per heavy atom. The van der Waals surface area contributed by atoms with Gasteiger partial charge in [0.05, 0.1) is 19.4 Å². The summed E-state index contributed by atoms with van der Waals surface area (Å²) in [6.45, 7) is -0.576. The van der Waals surface area contributed by atoms with Crippen LogP contribution in [0.15, 0.2) is 6.07 Å². The molecule has 0 fully saturated rings. The molecule has 0 radical (unpaired) electrons. The predicted octanol–water partition coefficient (Wildman–Crippen LogP) is 2.17. The third-order valence-electron chi connectivity index (χ3n) is 1.63. The largest absolute Gasteiger partial charge is 0.480 e. The summed E-state index contributed by atoms with van der Waals surface area (Å²) in [5.41, 5.74) is -0.500. The Balaban J connectivity index is 3.24. The molecular formula is C8H8ClF2NO2. The molecule has 0 bridgehead atoms. The fourth-order valence-corrected chi connectivity index (χ4v) is 1.22. The lowest BCUT2D eigenvalue weighted by atomic mass is 10.2. The number of halogens is 3. The maximum Gasteiger partial charge on any atom is 0.265 e. The van der Waals surface area contributed by atoms with E-state index in [1.165, 1.54) is 7.11 Å². The molecule has 1 rings (SSSR count). The van der Waals surface area contributed by atoms with Crippen LogP contribution in [0.2, 0.25) is 5.02 Å². The number of aliphatic hydroxyl groups is 1. The maximum atomic E-state index is 12.4. The molecule has 1 aromatic heterocycles. The van der Waals surface area contributed by atoms with Crippen LogP contribution in [0.3, 0.4) is 0 Å². The Hall–Kier alpha value is -0.940. The normalized spacial score (nSPS) is 10.7. The van der Waals surface area contributed by atoms with Crippen LogP contribution >= 0.6 is 11.6 Å². The molecule has 0 aromatic carbocycles. The molecule has 6 heteroatoms. The third kappa shape index (κ3) is 2.10. The molecule has 0 aliphatic heterocycles. The highest BCUT2D eigenvalue weighted by atomic mass is 35.5. The molecule has 1 N–H and O–H groups in total. The summed E-state index contributed by atoms with van der Waals surface area (Å²) in [6, 6.07) is 1.05. The first-order valence-electron chi connectivity index (χ1n) is 3.72. The molecule has 0 aliphatic carbocycles. The fraction of sp³-hybridized carbons (Fsp3) is 0.375. The predicted molar refractivity (Wildman–Crippen MR) is 46.7 cm³/mol. The van der Waals surface area contributed by atoms with Gasteiger partial charge in [-0.3, -0.25) is 0 Å². The lowest BCUT2D eigenvalue weighted by molar-refractivity contribution is 0.145. The van der Waals surface area contributed by atoms with Crippen LogP contribution in [-0.4, -0.2) is 17.2 Å². The van der Waals surface area contributed by atoms with Gasteiger partial charge >= 0.3 is 0 Å². The van der Waals surface area contributed by atoms with Gasteiger partial charge < -0.3 is 9.84 Å². The van der Waals surface area contributed by atoms with Gasteiger partial charge in [0.1, 0.15) is 5.02 Å². The van der Waals surface area contributed by atoms with Crippen LogP contribution in [0.5, 0.6) is 5.88 Å². The van der Waals surface area contributed by atoms with E-state index in [1.807, 2.05) is 0 Å². The van der Waals surface area contributed by atoms with Gasteiger partial charge in [0.2, 0.25) is 5.88 Å². The SMILES string of the molecule is COc1nc(CO)c(C(F)F)cc1Cl. The molecule has 0 amide bonds. The van der Waals surface area contributed by atoms with Crippen molar-refractivity contribution >= 4 is 11.6 Å². The van der Waals surface area contributed by atoms with Crippen LogP contribution < -0.4 is 4.74 Å². The number of ether oxygens (including phenoxy) is 1. The van der Waals surface area contributed by atoms with E-state index in [0.29, 0.717) is 0 Å². The Kier molecular flexibility index (Phi) is 3.60. The van der Waals surface area contributed by atoms with Crippen molar-refractivity contribution in [1.29, 1.82) is 0 Å². The summed E-state index contributed by atoms with van der Waals surface area (Å²) in [6.07, 6.45) is -2.71. The molecule has 0 saturated heterocycles. The Morgan fingerprint density at radius 1 is 1.64 bits per heavy atom. The zero-order valence-corrected chi connectivity index (χ0v) is 8.05. The van der Waals surface area contributed by atoms with Crippen molar-refractivity contribution in [3.8, 4) is 5.88 Å². The number of hydrogen-bond acceptors (Lipinski definition) is 3. The second-order valence-corrected chi connectivity index (χ2v) is 2.88. The molecule has 0 unspecified atom stereocenters. The molecule has 0 spiro atoms. The lowest BCUT2D eigenvalue weighted by Gasteiger charge is -2.09. The Labute approximate surface area is 84.3 Å². The standard InChI is InChI=1S/C8H8ClF2NO2/c1-14-8-5(9)2-4(7(10)11)6(3-13)12-8/h2,7,13H,3H2,1H3. The highest BCUT2D eigenvalue weighted by Gasteiger charge is 2.17. The molecule has 78 valence electrons. The molecule has 3 nitrogen and oxygen atoms in total. The average Bonchev–Trinajstić information content (AvgIpc) is 2.17. The van der Waals surface area contributed by atoms with E-state index < -0.39 is 13.0 Å². The Bertz CT molecular complexity index is 333. The third-order valence-corrected chi connectivity index (χ3v) is 1.91. The number of rotatable bonds is 3.